The van der Waals surface area contributed by atoms with Crippen molar-refractivity contribution >= 4 is 6.08 Å². The molecule has 0 amide bonds. The van der Waals surface area contributed by atoms with Crippen molar-refractivity contribution in [1.82, 2.24) is 5.32 Å². The van der Waals surface area contributed by atoms with E-state index >= 15 is 0 Å². The second-order valence-corrected chi connectivity index (χ2v) is 4.02. The zero-order chi connectivity index (χ0) is 10.5. The van der Waals surface area contributed by atoms with Gasteiger partial charge in [0.1, 0.15) is 5.82 Å². The average Bonchev–Trinajstić information content (AvgIpc) is 2.30. The highest BCUT2D eigenvalue weighted by molar-refractivity contribution is 5.49. The minimum Gasteiger partial charge on any atom is -0.316 e. The molecule has 1 heterocycles. The van der Waals surface area contributed by atoms with Crippen LogP contribution in [0.4, 0.5) is 4.39 Å². The molecule has 0 bridgehead atoms. The molecule has 0 aliphatic carbocycles. The average molecular weight is 205 g/mol. The first-order chi connectivity index (χ1) is 7.34. The van der Waals surface area contributed by atoms with Gasteiger partial charge in [-0.2, -0.15) is 0 Å². The molecule has 80 valence electrons. The Balaban J connectivity index is 1.95. The Bertz CT molecular complexity index is 323. The lowest BCUT2D eigenvalue weighted by Gasteiger charge is -2.19. The van der Waals surface area contributed by atoms with E-state index in [0.717, 1.165) is 18.7 Å². The summed E-state index contributed by atoms with van der Waals surface area (Å²) in [6, 6.07) is 6.61. The molecule has 1 aliphatic heterocycles. The van der Waals surface area contributed by atoms with Crippen molar-refractivity contribution in [3.05, 3.63) is 41.7 Å². The first kappa shape index (κ1) is 10.4. The number of nitrogens with one attached hydrogen (secondary N) is 1. The molecule has 0 spiro atoms. The molecule has 1 nitrogen and oxygen atoms in total. The van der Waals surface area contributed by atoms with Crippen LogP contribution in [0.3, 0.4) is 0 Å². The van der Waals surface area contributed by atoms with Crippen molar-refractivity contribution in [2.75, 3.05) is 13.1 Å². The van der Waals surface area contributed by atoms with Gasteiger partial charge in [-0.05, 0) is 43.0 Å². The third-order valence-electron chi connectivity index (χ3n) is 2.77. The summed E-state index contributed by atoms with van der Waals surface area (Å²) in [4.78, 5) is 0. The zero-order valence-electron chi connectivity index (χ0n) is 8.75. The predicted octanol–water partition coefficient (Wildman–Crippen LogP) is 2.84. The molecule has 0 saturated carbocycles. The summed E-state index contributed by atoms with van der Waals surface area (Å²) in [6.45, 7) is 2.21. The quantitative estimate of drug-likeness (QED) is 0.782. The number of hydrogen-bond acceptors (Lipinski definition) is 1. The fourth-order valence-electron chi connectivity index (χ4n) is 1.86. The van der Waals surface area contributed by atoms with Crippen LogP contribution < -0.4 is 5.32 Å². The predicted molar refractivity (Wildman–Crippen MR) is 61.0 cm³/mol. The topological polar surface area (TPSA) is 12.0 Å². The molecular formula is C13H16FN. The van der Waals surface area contributed by atoms with Gasteiger partial charge >= 0.3 is 0 Å². The van der Waals surface area contributed by atoms with Crippen molar-refractivity contribution in [1.29, 1.82) is 0 Å². The van der Waals surface area contributed by atoms with Crippen molar-refractivity contribution in [3.63, 3.8) is 0 Å². The molecule has 1 saturated heterocycles. The zero-order valence-corrected chi connectivity index (χ0v) is 8.75. The van der Waals surface area contributed by atoms with Gasteiger partial charge in [-0.25, -0.2) is 4.39 Å². The Kier molecular flexibility index (Phi) is 3.51. The molecule has 0 aromatic heterocycles. The number of halogens is 1. The van der Waals surface area contributed by atoms with Crippen molar-refractivity contribution in [2.24, 2.45) is 5.92 Å². The third-order valence-corrected chi connectivity index (χ3v) is 2.77. The van der Waals surface area contributed by atoms with Crippen LogP contribution in [0.1, 0.15) is 18.4 Å². The van der Waals surface area contributed by atoms with Crippen LogP contribution in [0, 0.1) is 11.7 Å². The molecule has 1 unspecified atom stereocenters. The van der Waals surface area contributed by atoms with E-state index in [-0.39, 0.29) is 5.82 Å². The van der Waals surface area contributed by atoms with Gasteiger partial charge in [0.15, 0.2) is 0 Å². The summed E-state index contributed by atoms with van der Waals surface area (Å²) >= 11 is 0. The van der Waals surface area contributed by atoms with Crippen LogP contribution in [-0.2, 0) is 0 Å². The van der Waals surface area contributed by atoms with Gasteiger partial charge in [-0.15, -0.1) is 0 Å². The first-order valence-electron chi connectivity index (χ1n) is 5.49. The molecule has 1 N–H and O–H groups in total. The highest BCUT2D eigenvalue weighted by Gasteiger charge is 2.08. The maximum Gasteiger partial charge on any atom is 0.123 e. The summed E-state index contributed by atoms with van der Waals surface area (Å²) in [5.41, 5.74) is 1.07. The lowest BCUT2D eigenvalue weighted by atomic mass is 9.98. The number of benzene rings is 1. The maximum absolute atomic E-state index is 12.6. The fourth-order valence-corrected chi connectivity index (χ4v) is 1.86. The van der Waals surface area contributed by atoms with Gasteiger partial charge in [-0.1, -0.05) is 24.3 Å². The second-order valence-electron chi connectivity index (χ2n) is 4.02. The smallest absolute Gasteiger partial charge is 0.123 e. The fraction of sp³-hybridized carbons (Fsp3) is 0.385. The van der Waals surface area contributed by atoms with E-state index in [2.05, 4.69) is 17.5 Å². The van der Waals surface area contributed by atoms with E-state index < -0.39 is 0 Å². The van der Waals surface area contributed by atoms with Crippen molar-refractivity contribution in [3.8, 4) is 0 Å². The van der Waals surface area contributed by atoms with Gasteiger partial charge in [0.2, 0.25) is 0 Å². The summed E-state index contributed by atoms with van der Waals surface area (Å²) in [7, 11) is 0. The molecule has 2 rings (SSSR count). The Morgan fingerprint density at radius 3 is 2.73 bits per heavy atom. The van der Waals surface area contributed by atoms with Crippen LogP contribution in [0.15, 0.2) is 30.3 Å². The van der Waals surface area contributed by atoms with Crippen LogP contribution in [0.2, 0.25) is 0 Å². The molecular weight excluding hydrogens is 189 g/mol. The maximum atomic E-state index is 12.6. The summed E-state index contributed by atoms with van der Waals surface area (Å²) in [6.07, 6.45) is 6.81. The van der Waals surface area contributed by atoms with Crippen LogP contribution >= 0.6 is 0 Å². The van der Waals surface area contributed by atoms with Crippen LogP contribution in [0.25, 0.3) is 6.08 Å². The second kappa shape index (κ2) is 5.08. The SMILES string of the molecule is Fc1ccc(/C=C/C2CCCNC2)cc1. The Hall–Kier alpha value is -1.15. The Morgan fingerprint density at radius 2 is 2.07 bits per heavy atom. The highest BCUT2D eigenvalue weighted by atomic mass is 19.1. The standard InChI is InChI=1S/C13H16FN/c14-13-7-5-11(6-8-13)3-4-12-2-1-9-15-10-12/h3-8,12,15H,1-2,9-10H2/b4-3+. The molecule has 1 atom stereocenters. The van der Waals surface area contributed by atoms with E-state index in [1.54, 1.807) is 0 Å². The van der Waals surface area contributed by atoms with E-state index in [0.29, 0.717) is 5.92 Å². The van der Waals surface area contributed by atoms with Crippen LogP contribution in [0.5, 0.6) is 0 Å². The number of piperidine rings is 1. The molecule has 1 fully saturated rings. The molecule has 1 aromatic rings. The van der Waals surface area contributed by atoms with E-state index in [4.69, 9.17) is 0 Å². The summed E-state index contributed by atoms with van der Waals surface area (Å²) in [5.74, 6) is 0.454. The minimum absolute atomic E-state index is 0.175. The number of hydrogen-bond donors (Lipinski definition) is 1. The third kappa shape index (κ3) is 3.17. The largest absolute Gasteiger partial charge is 0.316 e. The Morgan fingerprint density at radius 1 is 1.27 bits per heavy atom. The summed E-state index contributed by atoms with van der Waals surface area (Å²) < 4.78 is 12.6. The normalized spacial score (nSPS) is 22.1. The van der Waals surface area contributed by atoms with E-state index in [9.17, 15) is 4.39 Å². The molecule has 15 heavy (non-hydrogen) atoms. The molecule has 1 aromatic carbocycles. The number of rotatable bonds is 2. The molecule has 0 radical (unpaired) electrons. The monoisotopic (exact) mass is 205 g/mol. The lowest BCUT2D eigenvalue weighted by molar-refractivity contribution is 0.439. The molecule has 1 aliphatic rings. The van der Waals surface area contributed by atoms with Gasteiger partial charge in [0.05, 0.1) is 0 Å². The lowest BCUT2D eigenvalue weighted by Crippen LogP contribution is -2.28. The van der Waals surface area contributed by atoms with E-state index in [1.807, 2.05) is 12.1 Å². The molecule has 2 heteroatoms. The van der Waals surface area contributed by atoms with Crippen molar-refractivity contribution < 1.29 is 4.39 Å². The van der Waals surface area contributed by atoms with Crippen LogP contribution in [-0.4, -0.2) is 13.1 Å². The van der Waals surface area contributed by atoms with Gasteiger partial charge in [0.25, 0.3) is 0 Å². The van der Waals surface area contributed by atoms with Gasteiger partial charge in [0, 0.05) is 6.54 Å². The Labute approximate surface area is 90.0 Å². The van der Waals surface area contributed by atoms with Gasteiger partial charge in [-0.3, -0.25) is 0 Å². The first-order valence-corrected chi connectivity index (χ1v) is 5.49. The summed E-state index contributed by atoms with van der Waals surface area (Å²) in [5, 5.41) is 3.37. The van der Waals surface area contributed by atoms with E-state index in [1.165, 1.54) is 25.0 Å². The van der Waals surface area contributed by atoms with Gasteiger partial charge < -0.3 is 5.32 Å². The van der Waals surface area contributed by atoms with Crippen molar-refractivity contribution in [2.45, 2.75) is 12.8 Å². The minimum atomic E-state index is -0.175. The highest BCUT2D eigenvalue weighted by Crippen LogP contribution is 2.13.